The zero-order valence-electron chi connectivity index (χ0n) is 17.0. The van der Waals surface area contributed by atoms with Gasteiger partial charge in [0.05, 0.1) is 36.1 Å². The Kier molecular flexibility index (Phi) is 4.32. The van der Waals surface area contributed by atoms with Crippen LogP contribution in [0.1, 0.15) is 0 Å². The van der Waals surface area contributed by atoms with E-state index in [0.29, 0.717) is 0 Å². The molecule has 1 saturated heterocycles. The third-order valence-electron chi connectivity index (χ3n) is 5.76. The van der Waals surface area contributed by atoms with Gasteiger partial charge >= 0.3 is 0 Å². The second-order valence-electron chi connectivity index (χ2n) is 7.72. The predicted molar refractivity (Wildman–Crippen MR) is 123 cm³/mol. The van der Waals surface area contributed by atoms with Crippen molar-refractivity contribution in [3.05, 3.63) is 73.2 Å². The first-order valence-electron chi connectivity index (χ1n) is 10.4. The molecule has 2 aromatic carbocycles. The average molecular weight is 410 g/mol. The van der Waals surface area contributed by atoms with Crippen molar-refractivity contribution in [2.45, 2.75) is 0 Å². The Bertz CT molecular complexity index is 1350. The maximum Gasteiger partial charge on any atom is 0.155 e. The third-order valence-corrected chi connectivity index (χ3v) is 5.76. The lowest BCUT2D eigenvalue weighted by molar-refractivity contribution is 0.122. The highest BCUT2D eigenvalue weighted by atomic mass is 16.5. The number of ether oxygens (including phenoxy) is 1. The fourth-order valence-electron chi connectivity index (χ4n) is 4.09. The van der Waals surface area contributed by atoms with Crippen molar-refractivity contribution in [1.82, 2.24) is 19.6 Å². The van der Waals surface area contributed by atoms with Crippen LogP contribution in [0.4, 0.5) is 17.2 Å². The number of nitrogens with one attached hydrogen (secondary N) is 2. The monoisotopic (exact) mass is 410 g/mol. The van der Waals surface area contributed by atoms with Crippen LogP contribution < -0.4 is 10.2 Å². The fourth-order valence-corrected chi connectivity index (χ4v) is 4.09. The van der Waals surface area contributed by atoms with Crippen LogP contribution in [0.5, 0.6) is 0 Å². The molecule has 0 atom stereocenters. The molecule has 31 heavy (non-hydrogen) atoms. The first-order chi connectivity index (χ1) is 15.3. The summed E-state index contributed by atoms with van der Waals surface area (Å²) in [5.74, 6) is 0.825. The summed E-state index contributed by atoms with van der Waals surface area (Å²) in [5, 5.41) is 11.8. The number of anilines is 3. The summed E-state index contributed by atoms with van der Waals surface area (Å²) in [6.07, 6.45) is 5.93. The summed E-state index contributed by atoms with van der Waals surface area (Å²) in [5.41, 5.74) is 6.19. The lowest BCUT2D eigenvalue weighted by atomic mass is 10.1. The Morgan fingerprint density at radius 3 is 2.74 bits per heavy atom. The lowest BCUT2D eigenvalue weighted by Crippen LogP contribution is -2.36. The summed E-state index contributed by atoms with van der Waals surface area (Å²) in [4.78, 5) is 7.30. The number of morpholine rings is 1. The van der Waals surface area contributed by atoms with E-state index in [4.69, 9.17) is 9.72 Å². The minimum Gasteiger partial charge on any atom is -0.378 e. The Balaban J connectivity index is 1.33. The van der Waals surface area contributed by atoms with Crippen molar-refractivity contribution in [1.29, 1.82) is 0 Å². The highest BCUT2D eigenvalue weighted by Crippen LogP contribution is 2.28. The molecule has 4 heterocycles. The van der Waals surface area contributed by atoms with Crippen molar-refractivity contribution in [3.63, 3.8) is 0 Å². The number of benzene rings is 2. The molecule has 0 bridgehead atoms. The van der Waals surface area contributed by atoms with Gasteiger partial charge in [-0.05, 0) is 42.5 Å². The molecule has 1 aliphatic heterocycles. The first-order valence-corrected chi connectivity index (χ1v) is 10.4. The SMILES string of the molecule is c1cc2c(Nc3ccc(N4CCOCC4)cc3)nc(-c3ccc4cn[nH]c4c3)cn2c1. The predicted octanol–water partition coefficient (Wildman–Crippen LogP) is 4.46. The van der Waals surface area contributed by atoms with Crippen LogP contribution in [0.3, 0.4) is 0 Å². The van der Waals surface area contributed by atoms with Crippen molar-refractivity contribution < 1.29 is 4.74 Å². The van der Waals surface area contributed by atoms with Gasteiger partial charge in [0.25, 0.3) is 0 Å². The van der Waals surface area contributed by atoms with E-state index in [0.717, 1.165) is 65.5 Å². The smallest absolute Gasteiger partial charge is 0.155 e. The van der Waals surface area contributed by atoms with Crippen molar-refractivity contribution in [2.24, 2.45) is 0 Å². The molecule has 1 aliphatic rings. The molecule has 154 valence electrons. The Hall–Kier alpha value is -3.84. The van der Waals surface area contributed by atoms with E-state index >= 15 is 0 Å². The fraction of sp³-hybridized carbons (Fsp3) is 0.167. The van der Waals surface area contributed by atoms with Crippen LogP contribution in [0, 0.1) is 0 Å². The Morgan fingerprint density at radius 1 is 1.00 bits per heavy atom. The normalized spacial score (nSPS) is 14.4. The molecule has 6 rings (SSSR count). The molecule has 3 aromatic heterocycles. The van der Waals surface area contributed by atoms with Gasteiger partial charge in [0.2, 0.25) is 0 Å². The molecule has 0 unspecified atom stereocenters. The number of fused-ring (bicyclic) bond motifs is 2. The largest absolute Gasteiger partial charge is 0.378 e. The highest BCUT2D eigenvalue weighted by Gasteiger charge is 2.12. The quantitative estimate of drug-likeness (QED) is 0.458. The standard InChI is InChI=1S/C24H22N6O/c1-2-23-24(26-19-5-7-20(8-6-19)29-10-12-31-13-11-29)27-22(16-30(23)9-1)17-3-4-18-15-25-28-21(18)14-17/h1-9,14-16H,10-13H2,(H,25,28)(H,26,27). The zero-order chi connectivity index (χ0) is 20.6. The van der Waals surface area contributed by atoms with E-state index in [-0.39, 0.29) is 0 Å². The third kappa shape index (κ3) is 3.39. The summed E-state index contributed by atoms with van der Waals surface area (Å²) >= 11 is 0. The maximum absolute atomic E-state index is 5.45. The molecule has 2 N–H and O–H groups in total. The molecule has 5 aromatic rings. The van der Waals surface area contributed by atoms with E-state index in [9.17, 15) is 0 Å². The number of rotatable bonds is 4. The van der Waals surface area contributed by atoms with Gasteiger partial charge in [-0.2, -0.15) is 5.10 Å². The maximum atomic E-state index is 5.45. The van der Waals surface area contributed by atoms with Gasteiger partial charge in [-0.15, -0.1) is 0 Å². The van der Waals surface area contributed by atoms with Gasteiger partial charge in [-0.3, -0.25) is 5.10 Å². The van der Waals surface area contributed by atoms with E-state index in [2.05, 4.69) is 79.5 Å². The lowest BCUT2D eigenvalue weighted by Gasteiger charge is -2.28. The Morgan fingerprint density at radius 2 is 1.87 bits per heavy atom. The van der Waals surface area contributed by atoms with Gasteiger partial charge in [0.15, 0.2) is 5.82 Å². The number of hydrogen-bond acceptors (Lipinski definition) is 5. The molecule has 7 heteroatoms. The number of H-pyrrole nitrogens is 1. The van der Waals surface area contributed by atoms with Gasteiger partial charge in [-0.25, -0.2) is 4.98 Å². The molecule has 0 amide bonds. The number of nitrogens with zero attached hydrogens (tertiary/aromatic N) is 4. The zero-order valence-corrected chi connectivity index (χ0v) is 17.0. The second-order valence-corrected chi connectivity index (χ2v) is 7.72. The van der Waals surface area contributed by atoms with Crippen LogP contribution in [0.15, 0.2) is 73.2 Å². The van der Waals surface area contributed by atoms with E-state index in [1.165, 1.54) is 5.69 Å². The van der Waals surface area contributed by atoms with Crippen molar-refractivity contribution >= 4 is 33.6 Å². The van der Waals surface area contributed by atoms with Crippen LogP contribution in [0.2, 0.25) is 0 Å². The molecule has 0 radical (unpaired) electrons. The van der Waals surface area contributed by atoms with Gasteiger partial charge in [0.1, 0.15) is 0 Å². The summed E-state index contributed by atoms with van der Waals surface area (Å²) in [6.45, 7) is 3.43. The van der Waals surface area contributed by atoms with E-state index in [1.807, 2.05) is 18.5 Å². The van der Waals surface area contributed by atoms with Crippen molar-refractivity contribution in [3.8, 4) is 11.3 Å². The van der Waals surface area contributed by atoms with Crippen molar-refractivity contribution in [2.75, 3.05) is 36.5 Å². The summed E-state index contributed by atoms with van der Waals surface area (Å²) in [6, 6.07) is 18.8. The molecule has 7 nitrogen and oxygen atoms in total. The van der Waals surface area contributed by atoms with Gasteiger partial charge < -0.3 is 19.4 Å². The highest BCUT2D eigenvalue weighted by molar-refractivity contribution is 5.84. The molecule has 1 fully saturated rings. The number of hydrogen-bond donors (Lipinski definition) is 2. The topological polar surface area (TPSA) is 70.5 Å². The second kappa shape index (κ2) is 7.45. The van der Waals surface area contributed by atoms with E-state index < -0.39 is 0 Å². The minimum atomic E-state index is 0.785. The van der Waals surface area contributed by atoms with Gasteiger partial charge in [0, 0.05) is 47.8 Å². The number of aromatic nitrogens is 4. The van der Waals surface area contributed by atoms with Gasteiger partial charge in [-0.1, -0.05) is 12.1 Å². The Labute approximate surface area is 179 Å². The van der Waals surface area contributed by atoms with Crippen LogP contribution in [-0.2, 0) is 4.74 Å². The molecular weight excluding hydrogens is 388 g/mol. The molecule has 0 aliphatic carbocycles. The molecular formula is C24H22N6O. The van der Waals surface area contributed by atoms with Crippen LogP contribution in [0.25, 0.3) is 27.7 Å². The molecule has 0 spiro atoms. The summed E-state index contributed by atoms with van der Waals surface area (Å²) < 4.78 is 7.55. The van der Waals surface area contributed by atoms with E-state index in [1.54, 1.807) is 0 Å². The van der Waals surface area contributed by atoms with Crippen LogP contribution in [-0.4, -0.2) is 45.9 Å². The first kappa shape index (κ1) is 18.0. The number of aromatic amines is 1. The average Bonchev–Trinajstić information content (AvgIpc) is 3.49. The minimum absolute atomic E-state index is 0.785. The van der Waals surface area contributed by atoms with Crippen LogP contribution >= 0.6 is 0 Å². The molecule has 0 saturated carbocycles. The summed E-state index contributed by atoms with van der Waals surface area (Å²) in [7, 11) is 0.